The number of hydrogen-bond acceptors (Lipinski definition) is 2. The van der Waals surface area contributed by atoms with Crippen LogP contribution in [0, 0.1) is 0 Å². The highest BCUT2D eigenvalue weighted by Crippen LogP contribution is 2.43. The summed E-state index contributed by atoms with van der Waals surface area (Å²) in [6.07, 6.45) is 5.87. The Morgan fingerprint density at radius 2 is 2.09 bits per heavy atom. The summed E-state index contributed by atoms with van der Waals surface area (Å²) in [5.74, 6) is 0. The molecule has 0 spiro atoms. The van der Waals surface area contributed by atoms with Crippen molar-refractivity contribution in [1.82, 2.24) is 9.88 Å². The largest absolute Gasteiger partial charge is 0.299 e. The van der Waals surface area contributed by atoms with Gasteiger partial charge in [0.05, 0.1) is 5.69 Å². The first kappa shape index (κ1) is 14.0. The van der Waals surface area contributed by atoms with E-state index in [4.69, 9.17) is 4.98 Å². The first-order valence-electron chi connectivity index (χ1n) is 8.59. The van der Waals surface area contributed by atoms with Gasteiger partial charge in [0.25, 0.3) is 0 Å². The van der Waals surface area contributed by atoms with Crippen LogP contribution < -0.4 is 0 Å². The number of hydrogen-bond donors (Lipinski definition) is 0. The van der Waals surface area contributed by atoms with Crippen molar-refractivity contribution in [1.29, 1.82) is 0 Å². The lowest BCUT2D eigenvalue weighted by Gasteiger charge is -2.39. The maximum Gasteiger partial charge on any atom is 0.0758 e. The molecule has 0 amide bonds. The zero-order chi connectivity index (χ0) is 15.1. The summed E-state index contributed by atoms with van der Waals surface area (Å²) in [5, 5.41) is 0. The fourth-order valence-corrected chi connectivity index (χ4v) is 4.01. The normalized spacial score (nSPS) is 19.6. The third-order valence-corrected chi connectivity index (χ3v) is 5.27. The predicted molar refractivity (Wildman–Crippen MR) is 91.1 cm³/mol. The Kier molecular flexibility index (Phi) is 3.50. The molecule has 114 valence electrons. The van der Waals surface area contributed by atoms with Gasteiger partial charge in [0.1, 0.15) is 0 Å². The van der Waals surface area contributed by atoms with Gasteiger partial charge in [0.2, 0.25) is 0 Å². The van der Waals surface area contributed by atoms with Gasteiger partial charge in [-0.3, -0.25) is 9.88 Å². The van der Waals surface area contributed by atoms with Gasteiger partial charge < -0.3 is 0 Å². The molecular formula is C20H24N2. The van der Waals surface area contributed by atoms with E-state index in [1.807, 2.05) is 0 Å². The van der Waals surface area contributed by atoms with Crippen LogP contribution in [0.1, 0.15) is 48.2 Å². The number of pyridine rings is 1. The van der Waals surface area contributed by atoms with E-state index >= 15 is 0 Å². The van der Waals surface area contributed by atoms with Gasteiger partial charge in [-0.15, -0.1) is 0 Å². The van der Waals surface area contributed by atoms with Crippen LogP contribution in [0.5, 0.6) is 0 Å². The molecular weight excluding hydrogens is 268 g/mol. The van der Waals surface area contributed by atoms with Crippen molar-refractivity contribution < 1.29 is 0 Å². The minimum atomic E-state index is 0.515. The van der Waals surface area contributed by atoms with Crippen LogP contribution in [0.4, 0.5) is 0 Å². The predicted octanol–water partition coefficient (Wildman–Crippen LogP) is 4.18. The molecule has 0 radical (unpaired) electrons. The number of rotatable bonds is 3. The highest BCUT2D eigenvalue weighted by atomic mass is 15.1. The highest BCUT2D eigenvalue weighted by molar-refractivity contribution is 5.72. The van der Waals surface area contributed by atoms with Gasteiger partial charge in [-0.1, -0.05) is 37.6 Å². The van der Waals surface area contributed by atoms with Crippen molar-refractivity contribution in [2.75, 3.05) is 13.6 Å². The van der Waals surface area contributed by atoms with Crippen molar-refractivity contribution in [3.05, 3.63) is 52.7 Å². The fourth-order valence-electron chi connectivity index (χ4n) is 4.01. The van der Waals surface area contributed by atoms with Crippen LogP contribution in [0.2, 0.25) is 0 Å². The van der Waals surface area contributed by atoms with E-state index in [0.717, 1.165) is 19.4 Å². The molecule has 0 saturated carbocycles. The lowest BCUT2D eigenvalue weighted by molar-refractivity contribution is 0.227. The fraction of sp³-hybridized carbons (Fsp3) is 0.450. The van der Waals surface area contributed by atoms with Crippen molar-refractivity contribution in [2.24, 2.45) is 0 Å². The van der Waals surface area contributed by atoms with Gasteiger partial charge in [-0.05, 0) is 55.5 Å². The molecule has 2 aromatic rings. The molecule has 0 saturated heterocycles. The van der Waals surface area contributed by atoms with E-state index in [1.165, 1.54) is 47.3 Å². The van der Waals surface area contributed by atoms with Crippen molar-refractivity contribution in [2.45, 2.75) is 45.1 Å². The van der Waals surface area contributed by atoms with Gasteiger partial charge in [-0.2, -0.15) is 0 Å². The van der Waals surface area contributed by atoms with E-state index in [1.54, 1.807) is 5.56 Å². The van der Waals surface area contributed by atoms with Gasteiger partial charge in [0, 0.05) is 23.8 Å². The zero-order valence-corrected chi connectivity index (χ0v) is 13.6. The van der Waals surface area contributed by atoms with Crippen LogP contribution in [-0.2, 0) is 19.3 Å². The van der Waals surface area contributed by atoms with Crippen molar-refractivity contribution in [3.8, 4) is 11.3 Å². The third-order valence-electron chi connectivity index (χ3n) is 5.27. The average Bonchev–Trinajstić information content (AvgIpc) is 2.56. The van der Waals surface area contributed by atoms with Crippen LogP contribution in [0.25, 0.3) is 11.3 Å². The molecule has 22 heavy (non-hydrogen) atoms. The summed E-state index contributed by atoms with van der Waals surface area (Å²) in [4.78, 5) is 7.60. The van der Waals surface area contributed by atoms with Crippen LogP contribution in [0.15, 0.2) is 30.3 Å². The molecule has 1 unspecified atom stereocenters. The molecule has 0 N–H and O–H groups in total. The van der Waals surface area contributed by atoms with Crippen LogP contribution >= 0.6 is 0 Å². The summed E-state index contributed by atoms with van der Waals surface area (Å²) < 4.78 is 0. The quantitative estimate of drug-likeness (QED) is 0.844. The first-order chi connectivity index (χ1) is 10.8. The molecule has 1 aliphatic heterocycles. The number of aromatic nitrogens is 1. The van der Waals surface area contributed by atoms with Crippen molar-refractivity contribution in [3.63, 3.8) is 0 Å². The lowest BCUT2D eigenvalue weighted by Crippen LogP contribution is -2.36. The number of fused-ring (bicyclic) bond motifs is 2. The average molecular weight is 292 g/mol. The van der Waals surface area contributed by atoms with Crippen LogP contribution in [0.3, 0.4) is 0 Å². The van der Waals surface area contributed by atoms with E-state index in [9.17, 15) is 0 Å². The summed E-state index contributed by atoms with van der Waals surface area (Å²) in [5.41, 5.74) is 8.43. The van der Waals surface area contributed by atoms with Gasteiger partial charge in [0.15, 0.2) is 0 Å². The lowest BCUT2D eigenvalue weighted by atomic mass is 9.79. The van der Waals surface area contributed by atoms with E-state index in [0.29, 0.717) is 6.04 Å². The minimum absolute atomic E-state index is 0.515. The first-order valence-corrected chi connectivity index (χ1v) is 8.59. The maximum atomic E-state index is 5.09. The summed E-state index contributed by atoms with van der Waals surface area (Å²) in [6.45, 7) is 3.42. The molecule has 2 heterocycles. The summed E-state index contributed by atoms with van der Waals surface area (Å²) >= 11 is 0. The molecule has 1 atom stereocenters. The second kappa shape index (κ2) is 5.51. The Morgan fingerprint density at radius 1 is 1.23 bits per heavy atom. The molecule has 1 aliphatic carbocycles. The molecule has 2 aliphatic rings. The molecule has 2 heteroatoms. The van der Waals surface area contributed by atoms with Gasteiger partial charge in [-0.25, -0.2) is 0 Å². The smallest absolute Gasteiger partial charge is 0.0758 e. The number of likely N-dealkylation sites (N-methyl/N-ethyl adjacent to an activating group) is 1. The highest BCUT2D eigenvalue weighted by Gasteiger charge is 2.33. The maximum absolute atomic E-state index is 5.09. The molecule has 1 aromatic heterocycles. The van der Waals surface area contributed by atoms with Gasteiger partial charge >= 0.3 is 0 Å². The topological polar surface area (TPSA) is 16.1 Å². The number of nitrogens with zero attached hydrogens (tertiary/aromatic N) is 2. The molecule has 4 rings (SSSR count). The van der Waals surface area contributed by atoms with Crippen LogP contribution in [-0.4, -0.2) is 23.5 Å². The molecule has 0 fully saturated rings. The van der Waals surface area contributed by atoms with E-state index in [-0.39, 0.29) is 0 Å². The van der Waals surface area contributed by atoms with Crippen molar-refractivity contribution >= 4 is 0 Å². The third kappa shape index (κ3) is 2.17. The van der Waals surface area contributed by atoms with E-state index < -0.39 is 0 Å². The molecule has 2 nitrogen and oxygen atoms in total. The Hall–Kier alpha value is -1.67. The number of benzene rings is 1. The summed E-state index contributed by atoms with van der Waals surface area (Å²) in [6, 6.07) is 11.8. The Balaban J connectivity index is 1.90. The number of aryl methyl sites for hydroxylation is 1. The monoisotopic (exact) mass is 292 g/mol. The molecule has 1 aromatic carbocycles. The van der Waals surface area contributed by atoms with E-state index in [2.05, 4.69) is 49.2 Å². The number of unbranched alkanes of at least 4 members (excludes halogenated alkanes) is 1. The SMILES string of the molecule is CCCCc1cc2c3c(n1)-c1ccccc1CC3N(C)CC2. The minimum Gasteiger partial charge on any atom is -0.299 e. The second-order valence-corrected chi connectivity index (χ2v) is 6.75. The Labute approximate surface area is 133 Å². The zero-order valence-electron chi connectivity index (χ0n) is 13.6. The Morgan fingerprint density at radius 3 is 2.95 bits per heavy atom. The Bertz CT molecular complexity index is 705. The second-order valence-electron chi connectivity index (χ2n) is 6.75. The standard InChI is InChI=1S/C20H24N2/c1-3-4-8-16-12-15-10-11-22(2)18-13-14-7-5-6-9-17(14)20(21-16)19(15)18/h5-7,9,12,18H,3-4,8,10-11,13H2,1-2H3. The molecule has 0 bridgehead atoms. The summed E-state index contributed by atoms with van der Waals surface area (Å²) in [7, 11) is 2.26.